The van der Waals surface area contributed by atoms with Gasteiger partial charge in [-0.2, -0.15) is 0 Å². The average molecular weight is 302 g/mol. The van der Waals surface area contributed by atoms with Gasteiger partial charge in [-0.3, -0.25) is 14.6 Å². The SMILES string of the molecule is O=C(NCCNC(=O)c1ccccc1S)c1cnccn1. The first-order valence-corrected chi connectivity index (χ1v) is 6.73. The van der Waals surface area contributed by atoms with Gasteiger partial charge in [0.05, 0.1) is 11.8 Å². The van der Waals surface area contributed by atoms with Gasteiger partial charge in [0.1, 0.15) is 5.69 Å². The topological polar surface area (TPSA) is 84.0 Å². The summed E-state index contributed by atoms with van der Waals surface area (Å²) in [5, 5.41) is 5.35. The molecule has 0 saturated heterocycles. The van der Waals surface area contributed by atoms with E-state index in [1.165, 1.54) is 18.6 Å². The van der Waals surface area contributed by atoms with Crippen molar-refractivity contribution in [2.75, 3.05) is 13.1 Å². The summed E-state index contributed by atoms with van der Waals surface area (Å²) in [6.45, 7) is 0.614. The van der Waals surface area contributed by atoms with E-state index in [-0.39, 0.29) is 17.5 Å². The molecule has 2 rings (SSSR count). The zero-order valence-corrected chi connectivity index (χ0v) is 12.0. The van der Waals surface area contributed by atoms with Gasteiger partial charge < -0.3 is 10.6 Å². The van der Waals surface area contributed by atoms with Crippen LogP contribution in [0.4, 0.5) is 0 Å². The second-order valence-electron chi connectivity index (χ2n) is 4.12. The molecule has 0 aliphatic heterocycles. The van der Waals surface area contributed by atoms with E-state index in [1.807, 2.05) is 0 Å². The van der Waals surface area contributed by atoms with E-state index in [0.29, 0.717) is 23.5 Å². The largest absolute Gasteiger partial charge is 0.350 e. The Balaban J connectivity index is 1.76. The van der Waals surface area contributed by atoms with Crippen molar-refractivity contribution in [1.29, 1.82) is 0 Å². The van der Waals surface area contributed by atoms with Gasteiger partial charge in [-0.1, -0.05) is 12.1 Å². The fourth-order valence-electron chi connectivity index (χ4n) is 1.62. The molecule has 0 fully saturated rings. The van der Waals surface area contributed by atoms with Crippen LogP contribution >= 0.6 is 12.6 Å². The molecular formula is C14H14N4O2S. The molecule has 2 aromatic rings. The molecule has 1 aromatic carbocycles. The highest BCUT2D eigenvalue weighted by atomic mass is 32.1. The number of nitrogens with one attached hydrogen (secondary N) is 2. The molecule has 0 unspecified atom stereocenters. The summed E-state index contributed by atoms with van der Waals surface area (Å²) in [5.74, 6) is -0.554. The number of nitrogens with zero attached hydrogens (tertiary/aromatic N) is 2. The van der Waals surface area contributed by atoms with E-state index in [2.05, 4.69) is 33.2 Å². The Morgan fingerprint density at radius 2 is 1.76 bits per heavy atom. The number of aromatic nitrogens is 2. The van der Waals surface area contributed by atoms with Crippen LogP contribution in [0, 0.1) is 0 Å². The molecule has 0 saturated carbocycles. The Hall–Kier alpha value is -2.41. The number of thiol groups is 1. The molecule has 0 spiro atoms. The van der Waals surface area contributed by atoms with Crippen molar-refractivity contribution in [2.24, 2.45) is 0 Å². The number of rotatable bonds is 5. The number of benzene rings is 1. The number of hydrogen-bond acceptors (Lipinski definition) is 5. The van der Waals surface area contributed by atoms with E-state index < -0.39 is 0 Å². The highest BCUT2D eigenvalue weighted by Crippen LogP contribution is 2.12. The standard InChI is InChI=1S/C14H14N4O2S/c19-13(10-3-1-2-4-12(10)21)17-7-8-18-14(20)11-9-15-5-6-16-11/h1-6,9,21H,7-8H2,(H,17,19)(H,18,20). The number of carbonyl (C=O) groups is 2. The Bertz CT molecular complexity index is 634. The predicted molar refractivity (Wildman–Crippen MR) is 80.4 cm³/mol. The van der Waals surface area contributed by atoms with Crippen LogP contribution in [0.2, 0.25) is 0 Å². The van der Waals surface area contributed by atoms with Crippen LogP contribution in [0.5, 0.6) is 0 Å². The molecule has 1 aromatic heterocycles. The minimum Gasteiger partial charge on any atom is -0.350 e. The monoisotopic (exact) mass is 302 g/mol. The third-order valence-electron chi connectivity index (χ3n) is 2.64. The van der Waals surface area contributed by atoms with Crippen LogP contribution in [0.3, 0.4) is 0 Å². The molecule has 0 aliphatic rings. The van der Waals surface area contributed by atoms with E-state index in [9.17, 15) is 9.59 Å². The van der Waals surface area contributed by atoms with Crippen molar-refractivity contribution in [2.45, 2.75) is 4.90 Å². The van der Waals surface area contributed by atoms with Gasteiger partial charge in [0, 0.05) is 30.4 Å². The maximum atomic E-state index is 11.9. The minimum atomic E-state index is -0.327. The molecule has 0 bridgehead atoms. The first-order chi connectivity index (χ1) is 10.2. The number of amides is 2. The molecule has 0 radical (unpaired) electrons. The predicted octanol–water partition coefficient (Wildman–Crippen LogP) is 0.925. The van der Waals surface area contributed by atoms with E-state index >= 15 is 0 Å². The van der Waals surface area contributed by atoms with Gasteiger partial charge in [0.15, 0.2) is 0 Å². The van der Waals surface area contributed by atoms with Crippen LogP contribution in [-0.4, -0.2) is 34.9 Å². The van der Waals surface area contributed by atoms with Crippen LogP contribution in [0.15, 0.2) is 47.8 Å². The summed E-state index contributed by atoms with van der Waals surface area (Å²) in [4.78, 5) is 31.9. The van der Waals surface area contributed by atoms with E-state index in [1.54, 1.807) is 24.3 Å². The molecule has 21 heavy (non-hydrogen) atoms. The molecular weight excluding hydrogens is 288 g/mol. The molecule has 7 heteroatoms. The van der Waals surface area contributed by atoms with Gasteiger partial charge in [-0.25, -0.2) is 4.98 Å². The molecule has 2 N–H and O–H groups in total. The zero-order chi connectivity index (χ0) is 15.1. The van der Waals surface area contributed by atoms with Gasteiger partial charge in [0.2, 0.25) is 0 Å². The summed E-state index contributed by atoms with van der Waals surface area (Å²) in [7, 11) is 0. The lowest BCUT2D eigenvalue weighted by molar-refractivity contribution is 0.0923. The smallest absolute Gasteiger partial charge is 0.271 e. The zero-order valence-electron chi connectivity index (χ0n) is 11.1. The lowest BCUT2D eigenvalue weighted by Crippen LogP contribution is -2.35. The van der Waals surface area contributed by atoms with Crippen LogP contribution < -0.4 is 10.6 Å². The maximum Gasteiger partial charge on any atom is 0.271 e. The van der Waals surface area contributed by atoms with Crippen molar-refractivity contribution in [3.05, 3.63) is 54.1 Å². The molecule has 1 heterocycles. The highest BCUT2D eigenvalue weighted by Gasteiger charge is 2.09. The van der Waals surface area contributed by atoms with Gasteiger partial charge in [-0.15, -0.1) is 12.6 Å². The van der Waals surface area contributed by atoms with Crippen LogP contribution in [0.1, 0.15) is 20.8 Å². The van der Waals surface area contributed by atoms with Crippen molar-refractivity contribution >= 4 is 24.4 Å². The molecule has 6 nitrogen and oxygen atoms in total. The quantitative estimate of drug-likeness (QED) is 0.566. The fraction of sp³-hybridized carbons (Fsp3) is 0.143. The molecule has 0 atom stereocenters. The third-order valence-corrected chi connectivity index (χ3v) is 3.03. The van der Waals surface area contributed by atoms with Crippen molar-refractivity contribution in [3.63, 3.8) is 0 Å². The Morgan fingerprint density at radius 1 is 1.05 bits per heavy atom. The Labute approximate surface area is 127 Å². The van der Waals surface area contributed by atoms with Gasteiger partial charge >= 0.3 is 0 Å². The minimum absolute atomic E-state index is 0.227. The summed E-state index contributed by atoms with van der Waals surface area (Å²) in [6.07, 6.45) is 4.32. The molecule has 2 amide bonds. The lowest BCUT2D eigenvalue weighted by atomic mass is 10.2. The van der Waals surface area contributed by atoms with E-state index in [0.717, 1.165) is 0 Å². The Morgan fingerprint density at radius 3 is 2.43 bits per heavy atom. The summed E-state index contributed by atoms with van der Waals surface area (Å²) in [5.41, 5.74) is 0.741. The van der Waals surface area contributed by atoms with Crippen LogP contribution in [0.25, 0.3) is 0 Å². The number of carbonyl (C=O) groups excluding carboxylic acids is 2. The first kappa shape index (κ1) is 15.0. The normalized spacial score (nSPS) is 9.95. The van der Waals surface area contributed by atoms with E-state index in [4.69, 9.17) is 0 Å². The molecule has 0 aliphatic carbocycles. The molecule has 108 valence electrons. The van der Waals surface area contributed by atoms with Crippen LogP contribution in [-0.2, 0) is 0 Å². The van der Waals surface area contributed by atoms with Crippen molar-refractivity contribution in [1.82, 2.24) is 20.6 Å². The second kappa shape index (κ2) is 7.39. The summed E-state index contributed by atoms with van der Waals surface area (Å²) >= 11 is 4.22. The fourth-order valence-corrected chi connectivity index (χ4v) is 1.88. The van der Waals surface area contributed by atoms with Gasteiger partial charge in [0.25, 0.3) is 11.8 Å². The highest BCUT2D eigenvalue weighted by molar-refractivity contribution is 7.80. The lowest BCUT2D eigenvalue weighted by Gasteiger charge is -2.08. The second-order valence-corrected chi connectivity index (χ2v) is 4.60. The van der Waals surface area contributed by atoms with Crippen molar-refractivity contribution in [3.8, 4) is 0 Å². The van der Waals surface area contributed by atoms with Crippen molar-refractivity contribution < 1.29 is 9.59 Å². The summed E-state index contributed by atoms with van der Waals surface area (Å²) < 4.78 is 0. The summed E-state index contributed by atoms with van der Waals surface area (Å²) in [6, 6.07) is 7.01. The average Bonchev–Trinajstić information content (AvgIpc) is 2.52. The first-order valence-electron chi connectivity index (χ1n) is 6.29. The maximum absolute atomic E-state index is 11.9. The number of hydrogen-bond donors (Lipinski definition) is 3. The Kier molecular flexibility index (Phi) is 5.28. The van der Waals surface area contributed by atoms with Gasteiger partial charge in [-0.05, 0) is 12.1 Å². The third kappa shape index (κ3) is 4.28.